The predicted molar refractivity (Wildman–Crippen MR) is 158 cm³/mol. The number of amides is 2. The molecule has 3 unspecified atom stereocenters. The molecule has 0 aromatic heterocycles. The van der Waals surface area contributed by atoms with E-state index in [2.05, 4.69) is 24.5 Å². The summed E-state index contributed by atoms with van der Waals surface area (Å²) in [5.74, 6) is 1.41. The molecule has 2 aromatic carbocycles. The van der Waals surface area contributed by atoms with Crippen molar-refractivity contribution in [1.82, 2.24) is 10.6 Å². The molecule has 4 atom stereocenters. The molecule has 0 aliphatic heterocycles. The quantitative estimate of drug-likeness (QED) is 0.314. The molecule has 39 heavy (non-hydrogen) atoms. The normalized spacial score (nSPS) is 21.9. The number of aliphatic carboxylic acids is 1. The number of carbonyl (C=O) groups is 3. The number of hydrogen-bond donors (Lipinski definition) is 3. The van der Waals surface area contributed by atoms with Crippen LogP contribution in [0.2, 0.25) is 0 Å². The minimum atomic E-state index is -1.04. The molecule has 2 bridgehead atoms. The third-order valence-corrected chi connectivity index (χ3v) is 9.83. The van der Waals surface area contributed by atoms with Gasteiger partial charge in [-0.05, 0) is 103 Å². The second kappa shape index (κ2) is 12.6. The van der Waals surface area contributed by atoms with E-state index in [0.717, 1.165) is 34.7 Å². The van der Waals surface area contributed by atoms with Crippen LogP contribution in [0.4, 0.5) is 0 Å². The molecule has 0 saturated heterocycles. The van der Waals surface area contributed by atoms with Gasteiger partial charge in [0, 0.05) is 18.5 Å². The number of carboxylic acids is 1. The second-order valence-corrected chi connectivity index (χ2v) is 12.8. The van der Waals surface area contributed by atoms with Crippen LogP contribution in [0.15, 0.2) is 42.5 Å². The molecule has 5 rings (SSSR count). The number of thioether (sulfide) groups is 1. The summed E-state index contributed by atoms with van der Waals surface area (Å²) < 4.78 is 0. The molecular weight excluding hydrogens is 508 g/mol. The summed E-state index contributed by atoms with van der Waals surface area (Å²) in [6.45, 7) is 7.50. The molecule has 3 N–H and O–H groups in total. The minimum absolute atomic E-state index is 0.0617. The molecule has 0 radical (unpaired) electrons. The number of nitrogens with one attached hydrogen (secondary N) is 2. The van der Waals surface area contributed by atoms with Crippen molar-refractivity contribution in [3.63, 3.8) is 0 Å². The Hall–Kier alpha value is -2.80. The fourth-order valence-electron chi connectivity index (χ4n) is 6.57. The van der Waals surface area contributed by atoms with Gasteiger partial charge in [0.15, 0.2) is 0 Å². The van der Waals surface area contributed by atoms with Crippen LogP contribution < -0.4 is 10.6 Å². The predicted octanol–water partition coefficient (Wildman–Crippen LogP) is 5.72. The average Bonchev–Trinajstić information content (AvgIpc) is 2.92. The highest BCUT2D eigenvalue weighted by Gasteiger charge is 2.53. The van der Waals surface area contributed by atoms with Crippen molar-refractivity contribution in [2.75, 3.05) is 18.6 Å². The molecule has 3 fully saturated rings. The van der Waals surface area contributed by atoms with Gasteiger partial charge in [0.1, 0.15) is 6.04 Å². The molecule has 6 nitrogen and oxygen atoms in total. The number of rotatable bonds is 12. The van der Waals surface area contributed by atoms with E-state index in [4.69, 9.17) is 0 Å². The minimum Gasteiger partial charge on any atom is -0.480 e. The summed E-state index contributed by atoms with van der Waals surface area (Å²) >= 11 is 1.55. The zero-order valence-corrected chi connectivity index (χ0v) is 24.4. The summed E-state index contributed by atoms with van der Waals surface area (Å²) in [4.78, 5) is 37.8. The Balaban J connectivity index is 1.44. The van der Waals surface area contributed by atoms with E-state index in [-0.39, 0.29) is 5.91 Å². The maximum atomic E-state index is 13.3. The lowest BCUT2D eigenvalue weighted by molar-refractivity contribution is -0.139. The van der Waals surface area contributed by atoms with Crippen molar-refractivity contribution < 1.29 is 19.5 Å². The van der Waals surface area contributed by atoms with Crippen molar-refractivity contribution in [2.45, 2.75) is 65.3 Å². The first-order valence-corrected chi connectivity index (χ1v) is 15.5. The molecule has 0 spiro atoms. The summed E-state index contributed by atoms with van der Waals surface area (Å²) in [5.41, 5.74) is 4.51. The third-order valence-electron chi connectivity index (χ3n) is 9.18. The van der Waals surface area contributed by atoms with Crippen molar-refractivity contribution in [1.29, 1.82) is 0 Å². The van der Waals surface area contributed by atoms with Gasteiger partial charge in [0.25, 0.3) is 5.91 Å². The van der Waals surface area contributed by atoms with Crippen LogP contribution in [0, 0.1) is 30.1 Å². The van der Waals surface area contributed by atoms with Crippen molar-refractivity contribution in [3.05, 3.63) is 59.2 Å². The van der Waals surface area contributed by atoms with Crippen LogP contribution in [0.3, 0.4) is 0 Å². The van der Waals surface area contributed by atoms with Crippen molar-refractivity contribution in [2.24, 2.45) is 23.2 Å². The lowest BCUT2D eigenvalue weighted by Crippen LogP contribution is -2.54. The van der Waals surface area contributed by atoms with Crippen LogP contribution in [-0.2, 0) is 16.0 Å². The third kappa shape index (κ3) is 6.68. The Labute approximate surface area is 236 Å². The number of benzene rings is 2. The van der Waals surface area contributed by atoms with E-state index in [0.29, 0.717) is 47.8 Å². The van der Waals surface area contributed by atoms with Crippen molar-refractivity contribution in [3.8, 4) is 11.1 Å². The lowest BCUT2D eigenvalue weighted by atomic mass is 9.45. The summed E-state index contributed by atoms with van der Waals surface area (Å²) in [7, 11) is 0. The fraction of sp³-hybridized carbons (Fsp3) is 0.531. The van der Waals surface area contributed by atoms with Gasteiger partial charge in [-0.15, -0.1) is 0 Å². The van der Waals surface area contributed by atoms with Gasteiger partial charge in [-0.25, -0.2) is 4.79 Å². The largest absolute Gasteiger partial charge is 0.480 e. The van der Waals surface area contributed by atoms with Gasteiger partial charge in [0.2, 0.25) is 5.91 Å². The molecule has 3 aliphatic rings. The zero-order valence-electron chi connectivity index (χ0n) is 23.6. The van der Waals surface area contributed by atoms with Crippen molar-refractivity contribution >= 4 is 29.5 Å². The molecule has 2 aromatic rings. The van der Waals surface area contributed by atoms with E-state index < -0.39 is 17.9 Å². The highest BCUT2D eigenvalue weighted by Crippen LogP contribution is 2.61. The summed E-state index contributed by atoms with van der Waals surface area (Å²) in [6.07, 6.45) is 7.01. The summed E-state index contributed by atoms with van der Waals surface area (Å²) in [6, 6.07) is 12.5. The second-order valence-electron chi connectivity index (χ2n) is 11.8. The highest BCUT2D eigenvalue weighted by atomic mass is 32.2. The van der Waals surface area contributed by atoms with E-state index in [9.17, 15) is 19.5 Å². The molecule has 210 valence electrons. The number of carboxylic acid groups (broad SMARTS) is 1. The van der Waals surface area contributed by atoms with Gasteiger partial charge in [-0.1, -0.05) is 50.2 Å². The maximum Gasteiger partial charge on any atom is 0.326 e. The van der Waals surface area contributed by atoms with Gasteiger partial charge in [-0.3, -0.25) is 9.59 Å². The first kappa shape index (κ1) is 29.2. The Bertz CT molecular complexity index is 1210. The first-order chi connectivity index (χ1) is 18.6. The molecule has 2 amide bonds. The smallest absolute Gasteiger partial charge is 0.326 e. The molecular formula is C32H42N2O4S. The summed E-state index contributed by atoms with van der Waals surface area (Å²) in [5, 5.41) is 15.5. The Morgan fingerprint density at radius 3 is 2.54 bits per heavy atom. The molecule has 3 saturated carbocycles. The van der Waals surface area contributed by atoms with E-state index >= 15 is 0 Å². The van der Waals surface area contributed by atoms with Gasteiger partial charge < -0.3 is 15.7 Å². The van der Waals surface area contributed by atoms with Crippen LogP contribution >= 0.6 is 11.8 Å². The average molecular weight is 551 g/mol. The Morgan fingerprint density at radius 2 is 1.87 bits per heavy atom. The number of fused-ring (bicyclic) bond motifs is 2. The van der Waals surface area contributed by atoms with Crippen LogP contribution in [0.25, 0.3) is 11.1 Å². The van der Waals surface area contributed by atoms with E-state index in [1.807, 2.05) is 49.6 Å². The zero-order chi connectivity index (χ0) is 28.2. The first-order valence-electron chi connectivity index (χ1n) is 14.1. The standard InChI is InChI=1S/C32H42N2O4S/c1-20-7-5-6-8-24(20)26-17-21(9-13-25(26)30(36)34-28(31(37)38)15-16-39-4)10-14-29(35)33-19-22-11-12-23-18-27(22)32(23,2)3/h5-9,13,17,22-23,27-28H,10-12,14-16,18-19H2,1-4H3,(H,33,35)(H,34,36)(H,37,38)/t22?,23?,27?,28-/m0/s1. The molecule has 7 heteroatoms. The topological polar surface area (TPSA) is 95.5 Å². The Morgan fingerprint density at radius 1 is 1.10 bits per heavy atom. The number of hydrogen-bond acceptors (Lipinski definition) is 4. The maximum absolute atomic E-state index is 13.3. The molecule has 3 aliphatic carbocycles. The van der Waals surface area contributed by atoms with Gasteiger partial charge >= 0.3 is 5.97 Å². The highest BCUT2D eigenvalue weighted by molar-refractivity contribution is 7.98. The number of carbonyl (C=O) groups excluding carboxylic acids is 2. The number of aryl methyl sites for hydroxylation is 2. The van der Waals surface area contributed by atoms with Crippen LogP contribution in [-0.4, -0.2) is 47.5 Å². The SMILES string of the molecule is CSCC[C@H](NC(=O)c1ccc(CCC(=O)NCC2CCC3CC2C3(C)C)cc1-c1ccccc1C)C(=O)O. The monoisotopic (exact) mass is 550 g/mol. The van der Waals surface area contributed by atoms with Crippen LogP contribution in [0.1, 0.15) is 67.4 Å². The van der Waals surface area contributed by atoms with Gasteiger partial charge in [-0.2, -0.15) is 11.8 Å². The van der Waals surface area contributed by atoms with Gasteiger partial charge in [0.05, 0.1) is 0 Å². The Kier molecular flexibility index (Phi) is 9.42. The van der Waals surface area contributed by atoms with E-state index in [1.165, 1.54) is 19.3 Å². The fourth-order valence-corrected chi connectivity index (χ4v) is 7.04. The van der Waals surface area contributed by atoms with E-state index in [1.54, 1.807) is 17.8 Å². The lowest BCUT2D eigenvalue weighted by Gasteiger charge is -2.60. The van der Waals surface area contributed by atoms with Crippen LogP contribution in [0.5, 0.6) is 0 Å². The molecule has 0 heterocycles.